The van der Waals surface area contributed by atoms with Gasteiger partial charge in [-0.2, -0.15) is 25.3 Å². The molecule has 3 aromatic carbocycles. The van der Waals surface area contributed by atoms with E-state index in [1.807, 2.05) is 36.4 Å². The summed E-state index contributed by atoms with van der Waals surface area (Å²) >= 11 is 8.96. The Kier molecular flexibility index (Phi) is 39.7. The Morgan fingerprint density at radius 3 is 1.40 bits per heavy atom. The smallest absolute Gasteiger partial charge is 0.326 e. The molecule has 0 fully saturated rings. The number of primary amides is 1. The summed E-state index contributed by atoms with van der Waals surface area (Å²) in [5, 5.41) is 39.6. The lowest BCUT2D eigenvalue weighted by molar-refractivity contribution is -0.146. The van der Waals surface area contributed by atoms with Crippen molar-refractivity contribution in [3.63, 3.8) is 0 Å². The van der Waals surface area contributed by atoms with Crippen LogP contribution in [0.25, 0.3) is 21.7 Å². The number of aliphatic hydroxyl groups is 1. The number of carboxylic acid groups (broad SMARTS) is 1. The monoisotopic (exact) mass is 1640 g/mol. The topological polar surface area (TPSA) is 634 Å². The van der Waals surface area contributed by atoms with E-state index in [0.717, 1.165) is 10.8 Å². The third-order valence-corrected chi connectivity index (χ3v) is 20.2. The number of aromatic nitrogens is 1. The molecule has 0 spiro atoms. The van der Waals surface area contributed by atoms with Crippen LogP contribution in [0.3, 0.4) is 0 Å². The largest absolute Gasteiger partial charge is 0.480 e. The second kappa shape index (κ2) is 47.2. The van der Waals surface area contributed by atoms with Gasteiger partial charge in [0.05, 0.1) is 36.2 Å². The van der Waals surface area contributed by atoms with Crippen molar-refractivity contribution in [2.75, 3.05) is 31.9 Å². The van der Waals surface area contributed by atoms with E-state index < -0.39 is 203 Å². The number of nitrogens with one attached hydrogen (secondary N) is 7. The quantitative estimate of drug-likeness (QED) is 0.0124. The number of carboxylic acids is 1. The van der Waals surface area contributed by atoms with E-state index in [4.69, 9.17) is 64.2 Å². The van der Waals surface area contributed by atoms with E-state index in [9.17, 15) is 48.6 Å². The van der Waals surface area contributed by atoms with Crippen molar-refractivity contribution in [1.29, 1.82) is 0 Å². The molecule has 0 aliphatic heterocycles. The normalized spacial score (nSPS) is 14.6. The average Bonchev–Trinajstić information content (AvgIpc) is 1.80. The predicted octanol–water partition coefficient (Wildman–Crippen LogP) is 0.542. The highest BCUT2D eigenvalue weighted by molar-refractivity contribution is 7.81. The number of Topliss-reactive ketones (excluding diaryl/α,β-unsaturated/α-hetero) is 5. The zero-order valence-electron chi connectivity index (χ0n) is 66.5. The number of carbonyl (C=O) groups is 13. The molecule has 0 aliphatic carbocycles. The number of benzene rings is 3. The van der Waals surface area contributed by atoms with Crippen LogP contribution in [0.1, 0.15) is 156 Å². The molecule has 0 radical (unpaired) electrons. The minimum Gasteiger partial charge on any atom is -0.480 e. The molecule has 37 heteroatoms. The van der Waals surface area contributed by atoms with Gasteiger partial charge in [0, 0.05) is 123 Å². The first-order valence-electron chi connectivity index (χ1n) is 38.2. The van der Waals surface area contributed by atoms with Crippen LogP contribution in [0.5, 0.6) is 0 Å². The van der Waals surface area contributed by atoms with Crippen molar-refractivity contribution < 1.29 is 72.5 Å². The number of aromatic amines is 1. The fourth-order valence-electron chi connectivity index (χ4n) is 13.2. The van der Waals surface area contributed by atoms with Gasteiger partial charge in [0.2, 0.25) is 41.4 Å². The fraction of sp³-hybridized carbons (Fsp3) is 0.551. The molecule has 4 aromatic rings. The Bertz CT molecular complexity index is 4160. The number of carbonyl (C=O) groups excluding carboxylic acids is 12. The van der Waals surface area contributed by atoms with Gasteiger partial charge >= 0.3 is 5.97 Å². The van der Waals surface area contributed by atoms with Crippen molar-refractivity contribution >= 4 is 147 Å². The molecule has 27 N–H and O–H groups in total. The number of amides is 7. The number of H-pyrrole nitrogens is 1. The number of aliphatic imine (C=N–C) groups is 4. The van der Waals surface area contributed by atoms with Gasteiger partial charge in [-0.1, -0.05) is 95.3 Å². The van der Waals surface area contributed by atoms with Gasteiger partial charge in [0.15, 0.2) is 52.8 Å². The molecular weight excluding hydrogens is 1520 g/mol. The summed E-state index contributed by atoms with van der Waals surface area (Å²) in [4.78, 5) is 204. The van der Waals surface area contributed by atoms with Gasteiger partial charge in [-0.25, -0.2) is 4.79 Å². The minimum atomic E-state index is -1.72. The summed E-state index contributed by atoms with van der Waals surface area (Å²) in [5.74, 6) is -18.0. The van der Waals surface area contributed by atoms with Gasteiger partial charge in [-0.3, -0.25) is 77.5 Å². The van der Waals surface area contributed by atoms with Crippen LogP contribution in [0, 0.1) is 35.0 Å². The molecule has 7 amide bonds. The highest BCUT2D eigenvalue weighted by atomic mass is 32.1. The summed E-state index contributed by atoms with van der Waals surface area (Å²) in [6.07, 6.45) is -3.72. The molecule has 0 saturated carbocycles. The molecule has 35 nitrogen and oxygen atoms in total. The number of rotatable bonds is 53. The van der Waals surface area contributed by atoms with Crippen LogP contribution in [0.4, 0.5) is 0 Å². The Morgan fingerprint density at radius 2 is 0.922 bits per heavy atom. The molecule has 0 saturated heterocycles. The van der Waals surface area contributed by atoms with E-state index in [-0.39, 0.29) is 120 Å². The molecular formula is C78H118N20O15S2. The fourth-order valence-corrected chi connectivity index (χ4v) is 13.7. The average molecular weight is 1640 g/mol. The summed E-state index contributed by atoms with van der Waals surface area (Å²) < 4.78 is -1.42. The lowest BCUT2D eigenvalue weighted by Crippen LogP contribution is -2.54. The van der Waals surface area contributed by atoms with E-state index in [1.165, 1.54) is 27.7 Å². The molecule has 1 aromatic heterocycles. The summed E-state index contributed by atoms with van der Waals surface area (Å²) in [5.41, 5.74) is 51.4. The zero-order chi connectivity index (χ0) is 86.0. The summed E-state index contributed by atoms with van der Waals surface area (Å²) in [6.45, 7) is 10.3. The van der Waals surface area contributed by atoms with Crippen LogP contribution in [0.2, 0.25) is 0 Å². The number of nitrogens with two attached hydrogens (primary N) is 9. The van der Waals surface area contributed by atoms with Gasteiger partial charge in [0.25, 0.3) is 0 Å². The Morgan fingerprint density at radius 1 is 0.487 bits per heavy atom. The number of guanidine groups is 4. The van der Waals surface area contributed by atoms with E-state index in [2.05, 4.69) is 69.5 Å². The number of fused-ring (bicyclic) bond motifs is 2. The molecule has 4 rings (SSSR count). The Balaban J connectivity index is 1.82. The van der Waals surface area contributed by atoms with Crippen molar-refractivity contribution in [2.45, 2.75) is 205 Å². The predicted molar refractivity (Wildman–Crippen MR) is 446 cm³/mol. The standard InChI is InChI=1S/C78H118N20O15S2/c1-42(99)65(63(105)37-49(20-14-30-90-75(84)85)69(109)98-66(72(112)113)77(3,4)5)97-71(111)53(78(6,7)115)39-62(104)56(26-27-64(79)106)95-70(110)50(34-51-40-92-54-22-11-10-21-52(51)54)38-60(102)57(33-44-24-25-45-16-8-9-17-46(45)32-44)96-68(108)47(18-12-28-88-73(80)81)35-59(101)55(23-15-31-91-76(86)87)94-67(107)48(19-13-29-89-74(82)83)36-61(103)58(41-114)93-43(2)100/h8-11,16-17,21-22,24-25,32,40,42,47-50,53,55-58,65-66,92,99,114-115H,12-15,18-20,23,26-31,33-39,41H2,1-7H3,(H2,79,106)(H,93,100)(H,94,107)(H,95,110)(H,96,108)(H,97,111)(H,98,109)(H,112,113)(H4,80,81,88)(H4,82,83,89)(H4,84,85,90)(H4,86,87,91)/t42-,47-,48-,49-,50-,53-,55+,56+,57+,58+,65+,66-/m1/s1. The zero-order valence-corrected chi connectivity index (χ0v) is 68.3. The van der Waals surface area contributed by atoms with Gasteiger partial charge in [-0.15, -0.1) is 0 Å². The summed E-state index contributed by atoms with van der Waals surface area (Å²) in [7, 11) is 0. The first-order valence-corrected chi connectivity index (χ1v) is 39.3. The van der Waals surface area contributed by atoms with Crippen LogP contribution in [-0.2, 0) is 75.2 Å². The van der Waals surface area contributed by atoms with Gasteiger partial charge in [0.1, 0.15) is 12.1 Å². The van der Waals surface area contributed by atoms with Crippen molar-refractivity contribution in [3.8, 4) is 0 Å². The lowest BCUT2D eigenvalue weighted by atomic mass is 9.84. The number of aliphatic hydroxyl groups excluding tert-OH is 1. The molecule has 0 aliphatic rings. The lowest BCUT2D eigenvalue weighted by Gasteiger charge is -2.32. The van der Waals surface area contributed by atoms with Crippen molar-refractivity contribution in [1.82, 2.24) is 36.9 Å². The number of thiol groups is 2. The maximum Gasteiger partial charge on any atom is 0.326 e. The van der Waals surface area contributed by atoms with Crippen LogP contribution >= 0.6 is 25.3 Å². The second-order valence-electron chi connectivity index (χ2n) is 30.6. The number of ketones is 5. The number of hydrogen-bond donors (Lipinski definition) is 20. The third-order valence-electron chi connectivity index (χ3n) is 19.5. The van der Waals surface area contributed by atoms with E-state index >= 15 is 24.0 Å². The van der Waals surface area contributed by atoms with Crippen molar-refractivity contribution in [3.05, 3.63) is 84.1 Å². The molecule has 0 bridgehead atoms. The highest BCUT2D eigenvalue weighted by Gasteiger charge is 2.42. The highest BCUT2D eigenvalue weighted by Crippen LogP contribution is 2.31. The van der Waals surface area contributed by atoms with E-state index in [0.29, 0.717) is 22.0 Å². The number of aliphatic carboxylic acids is 1. The summed E-state index contributed by atoms with van der Waals surface area (Å²) in [6, 6.07) is 11.3. The van der Waals surface area contributed by atoms with Gasteiger partial charge < -0.3 is 98.7 Å². The Hall–Kier alpha value is -10.7. The Labute approximate surface area is 680 Å². The van der Waals surface area contributed by atoms with E-state index in [1.54, 1.807) is 57.3 Å². The molecule has 0 unspecified atom stereocenters. The minimum absolute atomic E-state index is 0.00963. The third kappa shape index (κ3) is 34.1. The SMILES string of the molecule is CC(=O)N[C@@H](CS)C(=O)C[C@@H](CCCN=C(N)N)C(=O)N[C@@H](CCCN=C(N)N)C(=O)C[C@@H](CCCN=C(N)N)C(=O)N[C@@H](Cc1ccc2ccccc2c1)C(=O)C[C@@H](Cc1c[nH]c2ccccc12)C(=O)N[C@@H](CCC(N)=O)C(=O)C[C@H](C(=O)N[C@H](C(=O)C[C@@H](CCCN=C(N)N)C(=O)N[C@H](C(=O)O)C(C)(C)C)[C@@H](C)O)C(C)(C)S. The number of para-hydroxylation sites is 1. The maximum absolute atomic E-state index is 15.7. The maximum atomic E-state index is 15.7. The number of nitrogens with zero attached hydrogens (tertiary/aromatic N) is 4. The van der Waals surface area contributed by atoms with Gasteiger partial charge in [-0.05, 0) is 111 Å². The molecule has 12 atom stereocenters. The molecule has 115 heavy (non-hydrogen) atoms. The number of hydrogen-bond acceptors (Lipinski definition) is 20. The first kappa shape index (κ1) is 96.7. The van der Waals surface area contributed by atoms with Crippen LogP contribution < -0.4 is 83.5 Å². The second-order valence-corrected chi connectivity index (χ2v) is 32.1. The first-order chi connectivity index (χ1) is 54.0. The molecule has 1 heterocycles. The van der Waals surface area contributed by atoms with Crippen LogP contribution in [0.15, 0.2) is 92.9 Å². The molecule has 632 valence electrons. The van der Waals surface area contributed by atoms with Crippen molar-refractivity contribution in [2.24, 2.45) is 107 Å². The van der Waals surface area contributed by atoms with Crippen LogP contribution in [-0.4, -0.2) is 194 Å².